The fourth-order valence-corrected chi connectivity index (χ4v) is 3.13. The molecule has 0 bridgehead atoms. The highest BCUT2D eigenvalue weighted by molar-refractivity contribution is 5.39. The van der Waals surface area contributed by atoms with E-state index < -0.39 is 0 Å². The number of hydrogen-bond donors (Lipinski definition) is 0. The van der Waals surface area contributed by atoms with Crippen molar-refractivity contribution in [1.82, 2.24) is 4.90 Å². The zero-order valence-electron chi connectivity index (χ0n) is 11.5. The maximum Gasteiger partial charge on any atom is 0.122 e. The summed E-state index contributed by atoms with van der Waals surface area (Å²) in [5, 5.41) is 9.29. The van der Waals surface area contributed by atoms with Gasteiger partial charge >= 0.3 is 0 Å². The van der Waals surface area contributed by atoms with Crippen LogP contribution in [0, 0.1) is 16.7 Å². The van der Waals surface area contributed by atoms with Gasteiger partial charge in [-0.1, -0.05) is 18.6 Å². The Morgan fingerprint density at radius 3 is 2.95 bits per heavy atom. The highest BCUT2D eigenvalue weighted by Gasteiger charge is 2.37. The lowest BCUT2D eigenvalue weighted by molar-refractivity contribution is 0.134. The summed E-state index contributed by atoms with van der Waals surface area (Å²) < 4.78 is 5.53. The number of fused-ring (bicyclic) bond motifs is 1. The maximum absolute atomic E-state index is 9.29. The Hall–Kier alpha value is -1.53. The molecule has 0 atom stereocenters. The van der Waals surface area contributed by atoms with Crippen LogP contribution in [0.3, 0.4) is 0 Å². The molecule has 0 saturated heterocycles. The van der Waals surface area contributed by atoms with E-state index in [1.54, 1.807) is 0 Å². The molecule has 1 aromatic carbocycles. The van der Waals surface area contributed by atoms with Crippen molar-refractivity contribution in [3.63, 3.8) is 0 Å². The van der Waals surface area contributed by atoms with E-state index in [1.807, 2.05) is 0 Å². The smallest absolute Gasteiger partial charge is 0.122 e. The number of hydrogen-bond acceptors (Lipinski definition) is 3. The van der Waals surface area contributed by atoms with Gasteiger partial charge in [-0.2, -0.15) is 5.26 Å². The lowest BCUT2D eigenvalue weighted by atomic mass is 9.69. The average Bonchev–Trinajstić information content (AvgIpc) is 2.81. The Morgan fingerprint density at radius 2 is 2.26 bits per heavy atom. The van der Waals surface area contributed by atoms with Gasteiger partial charge in [0.2, 0.25) is 0 Å². The van der Waals surface area contributed by atoms with E-state index in [2.05, 4.69) is 36.2 Å². The molecule has 0 spiro atoms. The minimum absolute atomic E-state index is 0.0748. The number of nitrogens with zero attached hydrogens (tertiary/aromatic N) is 2. The van der Waals surface area contributed by atoms with Crippen LogP contribution in [0.25, 0.3) is 0 Å². The topological polar surface area (TPSA) is 36.3 Å². The van der Waals surface area contributed by atoms with Crippen molar-refractivity contribution in [3.05, 3.63) is 29.3 Å². The lowest BCUT2D eigenvalue weighted by Crippen LogP contribution is -2.39. The molecule has 19 heavy (non-hydrogen) atoms. The molecule has 1 heterocycles. The van der Waals surface area contributed by atoms with Crippen molar-refractivity contribution in [1.29, 1.82) is 5.26 Å². The summed E-state index contributed by atoms with van der Waals surface area (Å²) in [7, 11) is 2.11. The quantitative estimate of drug-likeness (QED) is 0.831. The first kappa shape index (κ1) is 12.5. The molecule has 1 fully saturated rings. The van der Waals surface area contributed by atoms with Gasteiger partial charge in [0.15, 0.2) is 0 Å². The first-order valence-electron chi connectivity index (χ1n) is 7.05. The molecule has 3 nitrogen and oxygen atoms in total. The van der Waals surface area contributed by atoms with Crippen molar-refractivity contribution >= 4 is 0 Å². The molecule has 0 unspecified atom stereocenters. The van der Waals surface area contributed by atoms with E-state index in [0.717, 1.165) is 44.7 Å². The second-order valence-electron chi connectivity index (χ2n) is 5.96. The summed E-state index contributed by atoms with van der Waals surface area (Å²) in [4.78, 5) is 2.28. The van der Waals surface area contributed by atoms with Gasteiger partial charge in [0.25, 0.3) is 0 Å². The van der Waals surface area contributed by atoms with Crippen molar-refractivity contribution < 1.29 is 4.74 Å². The van der Waals surface area contributed by atoms with E-state index in [0.29, 0.717) is 0 Å². The molecule has 0 radical (unpaired) electrons. The number of rotatable bonds is 4. The first-order valence-corrected chi connectivity index (χ1v) is 7.05. The number of benzene rings is 1. The van der Waals surface area contributed by atoms with E-state index in [-0.39, 0.29) is 5.41 Å². The van der Waals surface area contributed by atoms with Crippen LogP contribution >= 0.6 is 0 Å². The Labute approximate surface area is 114 Å². The molecule has 1 aliphatic heterocycles. The van der Waals surface area contributed by atoms with Crippen molar-refractivity contribution in [2.45, 2.75) is 32.2 Å². The SMILES string of the molecule is CN(Cc1ccc2c(c1)CCO2)CC1(C#N)CCC1. The van der Waals surface area contributed by atoms with Crippen LogP contribution in [0.5, 0.6) is 5.75 Å². The van der Waals surface area contributed by atoms with Crippen LogP contribution in [0.4, 0.5) is 0 Å². The van der Waals surface area contributed by atoms with Crippen LogP contribution < -0.4 is 4.74 Å². The summed E-state index contributed by atoms with van der Waals surface area (Å²) in [6, 6.07) is 8.98. The molecule has 0 aromatic heterocycles. The Bertz CT molecular complexity index is 514. The van der Waals surface area contributed by atoms with E-state index >= 15 is 0 Å². The number of nitriles is 1. The normalized spacial score (nSPS) is 19.4. The summed E-state index contributed by atoms with van der Waals surface area (Å²) in [5.74, 6) is 1.04. The van der Waals surface area contributed by atoms with Gasteiger partial charge in [-0.3, -0.25) is 0 Å². The molecule has 0 N–H and O–H groups in total. The minimum Gasteiger partial charge on any atom is -0.493 e. The van der Waals surface area contributed by atoms with Gasteiger partial charge in [-0.15, -0.1) is 0 Å². The molecule has 1 aliphatic carbocycles. The highest BCUT2D eigenvalue weighted by atomic mass is 16.5. The molecule has 2 aliphatic rings. The fraction of sp³-hybridized carbons (Fsp3) is 0.562. The van der Waals surface area contributed by atoms with Crippen LogP contribution in [0.2, 0.25) is 0 Å². The van der Waals surface area contributed by atoms with Crippen molar-refractivity contribution in [3.8, 4) is 11.8 Å². The third-order valence-electron chi connectivity index (χ3n) is 4.33. The third kappa shape index (κ3) is 2.46. The van der Waals surface area contributed by atoms with Crippen LogP contribution in [0.15, 0.2) is 18.2 Å². The average molecular weight is 256 g/mol. The largest absolute Gasteiger partial charge is 0.493 e. The number of ether oxygens (including phenoxy) is 1. The molecular weight excluding hydrogens is 236 g/mol. The maximum atomic E-state index is 9.29. The van der Waals surface area contributed by atoms with E-state index in [4.69, 9.17) is 4.74 Å². The van der Waals surface area contributed by atoms with Gasteiger partial charge in [0.1, 0.15) is 5.75 Å². The molecular formula is C16H20N2O. The van der Waals surface area contributed by atoms with Gasteiger partial charge < -0.3 is 9.64 Å². The van der Waals surface area contributed by atoms with Crippen LogP contribution in [-0.4, -0.2) is 25.1 Å². The second kappa shape index (κ2) is 4.86. The third-order valence-corrected chi connectivity index (χ3v) is 4.33. The van der Waals surface area contributed by atoms with Crippen LogP contribution in [-0.2, 0) is 13.0 Å². The second-order valence-corrected chi connectivity index (χ2v) is 5.96. The summed E-state index contributed by atoms with van der Waals surface area (Å²) in [6.45, 7) is 2.61. The van der Waals surface area contributed by atoms with Crippen molar-refractivity contribution in [2.75, 3.05) is 20.2 Å². The monoisotopic (exact) mass is 256 g/mol. The van der Waals surface area contributed by atoms with Crippen LogP contribution in [0.1, 0.15) is 30.4 Å². The standard InChI is InChI=1S/C16H20N2O/c1-18(12-16(11-17)6-2-7-16)10-13-3-4-15-14(9-13)5-8-19-15/h3-4,9H,2,5-8,10,12H2,1H3. The van der Waals surface area contributed by atoms with E-state index in [1.165, 1.54) is 17.5 Å². The predicted octanol–water partition coefficient (Wildman–Crippen LogP) is 2.75. The highest BCUT2D eigenvalue weighted by Crippen LogP contribution is 2.40. The Balaban J connectivity index is 1.63. The zero-order valence-corrected chi connectivity index (χ0v) is 11.5. The molecule has 100 valence electrons. The zero-order chi connectivity index (χ0) is 13.3. The molecule has 3 heteroatoms. The molecule has 3 rings (SSSR count). The summed E-state index contributed by atoms with van der Waals surface area (Å²) in [6.07, 6.45) is 4.35. The Morgan fingerprint density at radius 1 is 1.42 bits per heavy atom. The summed E-state index contributed by atoms with van der Waals surface area (Å²) in [5.41, 5.74) is 2.57. The summed E-state index contributed by atoms with van der Waals surface area (Å²) >= 11 is 0. The first-order chi connectivity index (χ1) is 9.21. The van der Waals surface area contributed by atoms with Gasteiger partial charge in [0, 0.05) is 19.5 Å². The Kier molecular flexibility index (Phi) is 3.20. The van der Waals surface area contributed by atoms with Gasteiger partial charge in [-0.25, -0.2) is 0 Å². The molecule has 1 saturated carbocycles. The van der Waals surface area contributed by atoms with Gasteiger partial charge in [-0.05, 0) is 37.1 Å². The van der Waals surface area contributed by atoms with Gasteiger partial charge in [0.05, 0.1) is 18.1 Å². The molecule has 0 amide bonds. The molecule has 1 aromatic rings. The van der Waals surface area contributed by atoms with Crippen molar-refractivity contribution in [2.24, 2.45) is 5.41 Å². The van der Waals surface area contributed by atoms with E-state index in [9.17, 15) is 5.26 Å². The lowest BCUT2D eigenvalue weighted by Gasteiger charge is -2.38. The fourth-order valence-electron chi connectivity index (χ4n) is 3.13. The predicted molar refractivity (Wildman–Crippen MR) is 73.9 cm³/mol. The minimum atomic E-state index is -0.0748.